The number of carbonyl (C=O) groups is 3. The second kappa shape index (κ2) is 6.49. The second-order valence-corrected chi connectivity index (χ2v) is 5.39. The number of rotatable bonds is 5. The minimum Gasteiger partial charge on any atom is -0.476 e. The fourth-order valence-electron chi connectivity index (χ4n) is 2.44. The number of halogens is 3. The zero-order valence-corrected chi connectivity index (χ0v) is 12.7. The molecule has 1 unspecified atom stereocenters. The quantitative estimate of drug-likeness (QED) is 0.820. The molecule has 2 heterocycles. The maximum absolute atomic E-state index is 12.4. The van der Waals surface area contributed by atoms with Crippen molar-refractivity contribution < 1.29 is 32.7 Å². The van der Waals surface area contributed by atoms with Gasteiger partial charge in [0.1, 0.15) is 19.1 Å². The Hall–Kier alpha value is -2.59. The molecule has 1 aliphatic rings. The number of carboxylic acids is 1. The van der Waals surface area contributed by atoms with Crippen molar-refractivity contribution >= 4 is 17.8 Å². The molecule has 1 aromatic heterocycles. The van der Waals surface area contributed by atoms with Gasteiger partial charge in [0.15, 0.2) is 5.69 Å². The SMILES string of the molecule is CN(C(=O)Cn1ccc(C(=O)O)n1)C1CCN(CC(F)(F)F)C1=O. The van der Waals surface area contributed by atoms with Crippen LogP contribution in [0.15, 0.2) is 12.3 Å². The van der Waals surface area contributed by atoms with Gasteiger partial charge in [-0.25, -0.2) is 4.79 Å². The van der Waals surface area contributed by atoms with Crippen LogP contribution in [0.5, 0.6) is 0 Å². The highest BCUT2D eigenvalue weighted by atomic mass is 19.4. The summed E-state index contributed by atoms with van der Waals surface area (Å²) in [6.45, 7) is -1.73. The van der Waals surface area contributed by atoms with E-state index in [1.807, 2.05) is 0 Å². The van der Waals surface area contributed by atoms with Gasteiger partial charge in [0.2, 0.25) is 11.8 Å². The Bertz CT molecular complexity index is 658. The minimum atomic E-state index is -4.49. The van der Waals surface area contributed by atoms with Crippen molar-refractivity contribution in [3.05, 3.63) is 18.0 Å². The summed E-state index contributed by atoms with van der Waals surface area (Å²) in [6, 6.07) is 0.246. The molecule has 2 amide bonds. The first-order valence-electron chi connectivity index (χ1n) is 6.96. The van der Waals surface area contributed by atoms with E-state index in [2.05, 4.69) is 5.10 Å². The average Bonchev–Trinajstić information content (AvgIpc) is 3.05. The number of aromatic nitrogens is 2. The Balaban J connectivity index is 1.98. The zero-order valence-electron chi connectivity index (χ0n) is 12.7. The lowest BCUT2D eigenvalue weighted by molar-refractivity contribution is -0.159. The van der Waals surface area contributed by atoms with Crippen molar-refractivity contribution in [3.8, 4) is 0 Å². The molecule has 0 bridgehead atoms. The summed E-state index contributed by atoms with van der Waals surface area (Å²) in [5, 5.41) is 12.4. The summed E-state index contributed by atoms with van der Waals surface area (Å²) in [4.78, 5) is 36.6. The van der Waals surface area contributed by atoms with Gasteiger partial charge >= 0.3 is 12.1 Å². The van der Waals surface area contributed by atoms with E-state index in [0.29, 0.717) is 4.90 Å². The Morgan fingerprint density at radius 2 is 2.12 bits per heavy atom. The number of nitrogens with zero attached hydrogens (tertiary/aromatic N) is 4. The van der Waals surface area contributed by atoms with Crippen LogP contribution >= 0.6 is 0 Å². The summed E-state index contributed by atoms with van der Waals surface area (Å²) >= 11 is 0. The topological polar surface area (TPSA) is 95.7 Å². The average molecular weight is 348 g/mol. The van der Waals surface area contributed by atoms with E-state index in [4.69, 9.17) is 5.11 Å². The molecule has 1 N–H and O–H groups in total. The normalized spacial score (nSPS) is 18.1. The number of likely N-dealkylation sites (tertiary alicyclic amines) is 1. The molecule has 1 fully saturated rings. The summed E-state index contributed by atoms with van der Waals surface area (Å²) in [6.07, 6.45) is -3.09. The molecule has 11 heteroatoms. The molecule has 1 atom stereocenters. The third-order valence-corrected chi connectivity index (χ3v) is 3.66. The predicted molar refractivity (Wildman–Crippen MR) is 73.0 cm³/mol. The molecule has 0 aliphatic carbocycles. The van der Waals surface area contributed by atoms with Gasteiger partial charge in [-0.1, -0.05) is 0 Å². The van der Waals surface area contributed by atoms with Crippen LogP contribution in [0, 0.1) is 0 Å². The molecule has 1 saturated heterocycles. The first-order valence-corrected chi connectivity index (χ1v) is 6.96. The van der Waals surface area contributed by atoms with E-state index >= 15 is 0 Å². The summed E-state index contributed by atoms with van der Waals surface area (Å²) in [7, 11) is 1.32. The summed E-state index contributed by atoms with van der Waals surface area (Å²) in [5.41, 5.74) is -0.237. The lowest BCUT2D eigenvalue weighted by Crippen LogP contribution is -2.45. The van der Waals surface area contributed by atoms with Crippen LogP contribution in [0.25, 0.3) is 0 Å². The standard InChI is InChI=1S/C13H15F3N4O4/c1-18(9-3-4-19(11(9)22)7-13(14,15)16)10(21)6-20-5-2-8(17-20)12(23)24/h2,5,9H,3-4,6-7H2,1H3,(H,23,24). The number of amides is 2. The fraction of sp³-hybridized carbons (Fsp3) is 0.538. The Kier molecular flexibility index (Phi) is 4.81. The predicted octanol–water partition coefficient (Wildman–Crippen LogP) is 0.203. The van der Waals surface area contributed by atoms with Crippen molar-refractivity contribution in [2.45, 2.75) is 25.2 Å². The molecule has 2 rings (SSSR count). The molecule has 0 saturated carbocycles. The van der Waals surface area contributed by atoms with Crippen molar-refractivity contribution in [1.82, 2.24) is 19.6 Å². The molecule has 1 aliphatic heterocycles. The number of hydrogen-bond acceptors (Lipinski definition) is 4. The monoisotopic (exact) mass is 348 g/mol. The highest BCUT2D eigenvalue weighted by molar-refractivity contribution is 5.89. The number of hydrogen-bond donors (Lipinski definition) is 1. The summed E-state index contributed by atoms with van der Waals surface area (Å²) in [5.74, 6) is -2.56. The van der Waals surface area contributed by atoms with E-state index in [-0.39, 0.29) is 25.2 Å². The zero-order chi connectivity index (χ0) is 18.1. The van der Waals surface area contributed by atoms with Crippen LogP contribution in [0.1, 0.15) is 16.9 Å². The maximum atomic E-state index is 12.4. The van der Waals surface area contributed by atoms with Crippen LogP contribution in [-0.4, -0.2) is 74.8 Å². The lowest BCUT2D eigenvalue weighted by Gasteiger charge is -2.24. The third kappa shape index (κ3) is 4.03. The van der Waals surface area contributed by atoms with E-state index in [9.17, 15) is 27.6 Å². The van der Waals surface area contributed by atoms with E-state index < -0.39 is 36.5 Å². The Morgan fingerprint density at radius 3 is 2.67 bits per heavy atom. The van der Waals surface area contributed by atoms with Gasteiger partial charge in [-0.05, 0) is 12.5 Å². The van der Waals surface area contributed by atoms with Crippen molar-refractivity contribution in [2.75, 3.05) is 20.1 Å². The first-order chi connectivity index (χ1) is 11.1. The Labute approximate surface area is 134 Å². The van der Waals surface area contributed by atoms with Gasteiger partial charge in [-0.2, -0.15) is 18.3 Å². The number of carboxylic acid groups (broad SMARTS) is 1. The minimum absolute atomic E-state index is 0.0778. The largest absolute Gasteiger partial charge is 0.476 e. The van der Waals surface area contributed by atoms with Crippen molar-refractivity contribution in [3.63, 3.8) is 0 Å². The van der Waals surface area contributed by atoms with Crippen molar-refractivity contribution in [1.29, 1.82) is 0 Å². The van der Waals surface area contributed by atoms with Gasteiger partial charge < -0.3 is 14.9 Å². The van der Waals surface area contributed by atoms with Gasteiger partial charge in [-0.15, -0.1) is 0 Å². The van der Waals surface area contributed by atoms with E-state index in [0.717, 1.165) is 9.58 Å². The van der Waals surface area contributed by atoms with Gasteiger partial charge in [-0.3, -0.25) is 14.3 Å². The van der Waals surface area contributed by atoms with Crippen LogP contribution in [0.2, 0.25) is 0 Å². The maximum Gasteiger partial charge on any atom is 0.406 e. The van der Waals surface area contributed by atoms with Crippen LogP contribution < -0.4 is 0 Å². The van der Waals surface area contributed by atoms with E-state index in [1.165, 1.54) is 19.3 Å². The van der Waals surface area contributed by atoms with Gasteiger partial charge in [0, 0.05) is 19.8 Å². The van der Waals surface area contributed by atoms with Crippen LogP contribution in [0.3, 0.4) is 0 Å². The molecular formula is C13H15F3N4O4. The smallest absolute Gasteiger partial charge is 0.406 e. The molecule has 132 valence electrons. The third-order valence-electron chi connectivity index (χ3n) is 3.66. The number of carbonyl (C=O) groups excluding carboxylic acids is 2. The highest BCUT2D eigenvalue weighted by Gasteiger charge is 2.41. The number of aromatic carboxylic acids is 1. The molecule has 24 heavy (non-hydrogen) atoms. The van der Waals surface area contributed by atoms with E-state index in [1.54, 1.807) is 0 Å². The molecule has 8 nitrogen and oxygen atoms in total. The number of alkyl halides is 3. The van der Waals surface area contributed by atoms with Crippen molar-refractivity contribution in [2.24, 2.45) is 0 Å². The van der Waals surface area contributed by atoms with Gasteiger partial charge in [0.05, 0.1) is 0 Å². The molecule has 1 aromatic rings. The molecule has 0 aromatic carbocycles. The molecule has 0 radical (unpaired) electrons. The van der Waals surface area contributed by atoms with Crippen LogP contribution in [-0.2, 0) is 16.1 Å². The lowest BCUT2D eigenvalue weighted by atomic mass is 10.2. The first kappa shape index (κ1) is 17.8. The molecule has 0 spiro atoms. The summed E-state index contributed by atoms with van der Waals surface area (Å²) < 4.78 is 38.3. The van der Waals surface area contributed by atoms with Crippen LogP contribution in [0.4, 0.5) is 13.2 Å². The number of likely N-dealkylation sites (N-methyl/N-ethyl adjacent to an activating group) is 1. The molecular weight excluding hydrogens is 333 g/mol. The second-order valence-electron chi connectivity index (χ2n) is 5.39. The Morgan fingerprint density at radius 1 is 1.46 bits per heavy atom. The highest BCUT2D eigenvalue weighted by Crippen LogP contribution is 2.23. The fourth-order valence-corrected chi connectivity index (χ4v) is 2.44. The van der Waals surface area contributed by atoms with Gasteiger partial charge in [0.25, 0.3) is 0 Å².